The summed E-state index contributed by atoms with van der Waals surface area (Å²) in [5.41, 5.74) is 19.4. The number of hydrogen-bond acceptors (Lipinski definition) is 18. The van der Waals surface area contributed by atoms with Crippen molar-refractivity contribution in [1.82, 2.24) is 69.3 Å². The molecule has 6 aromatic carbocycles. The van der Waals surface area contributed by atoms with Gasteiger partial charge in [0.2, 0.25) is 11.8 Å². The van der Waals surface area contributed by atoms with Crippen molar-refractivity contribution in [3.8, 4) is 40.0 Å². The quantitative estimate of drug-likeness (QED) is 0.0681. The highest BCUT2D eigenvalue weighted by Crippen LogP contribution is 2.41. The number of carbonyl (C=O) groups excluding carboxylic acids is 2. The van der Waals surface area contributed by atoms with Gasteiger partial charge in [0.25, 0.3) is 5.91 Å². The largest absolute Gasteiger partial charge is 0.494 e. The number of amides is 2. The summed E-state index contributed by atoms with van der Waals surface area (Å²) < 4.78 is 23.0. The van der Waals surface area contributed by atoms with Gasteiger partial charge in [-0.1, -0.05) is 86.6 Å². The Labute approximate surface area is 630 Å². The predicted molar refractivity (Wildman–Crippen MR) is 425 cm³/mol. The maximum Gasteiger partial charge on any atom is 0.255 e. The molecule has 2 amide bonds. The van der Waals surface area contributed by atoms with Crippen LogP contribution in [-0.2, 0) is 16.1 Å². The second-order valence-corrected chi connectivity index (χ2v) is 27.4. The number of rotatable bonds is 21. The topological polar surface area (TPSA) is 228 Å². The maximum atomic E-state index is 13.4. The van der Waals surface area contributed by atoms with Gasteiger partial charge in [-0.3, -0.25) is 39.2 Å². The summed E-state index contributed by atoms with van der Waals surface area (Å²) in [5.74, 6) is 1.65. The minimum absolute atomic E-state index is 0.00183. The fraction of sp³-hybridized carbons (Fsp3) is 0.306. The van der Waals surface area contributed by atoms with Gasteiger partial charge in [0.15, 0.2) is 6.61 Å². The van der Waals surface area contributed by atoms with Crippen LogP contribution < -0.4 is 35.2 Å². The number of pyridine rings is 3. The van der Waals surface area contributed by atoms with Crippen LogP contribution in [0.4, 0.5) is 17.1 Å². The van der Waals surface area contributed by atoms with E-state index in [2.05, 4.69) is 131 Å². The molecule has 0 bridgehead atoms. The van der Waals surface area contributed by atoms with E-state index in [-0.39, 0.29) is 18.6 Å². The molecule has 16 rings (SSSR count). The zero-order chi connectivity index (χ0) is 74.1. The predicted octanol–water partition coefficient (Wildman–Crippen LogP) is 13.3. The molecule has 3 N–H and O–H groups in total. The third-order valence-corrected chi connectivity index (χ3v) is 20.2. The molecule has 3 aliphatic heterocycles. The number of hydrogen-bond donors (Lipinski definition) is 2. The van der Waals surface area contributed by atoms with Crippen molar-refractivity contribution in [2.75, 3.05) is 113 Å². The number of aromatic nitrogens is 10. The first-order valence-corrected chi connectivity index (χ1v) is 37.6. The van der Waals surface area contributed by atoms with Crippen LogP contribution in [0.1, 0.15) is 80.7 Å². The van der Waals surface area contributed by atoms with E-state index in [1.165, 1.54) is 0 Å². The van der Waals surface area contributed by atoms with Gasteiger partial charge >= 0.3 is 0 Å². The molecule has 23 heteroatoms. The number of methoxy groups -OCH3 is 1. The van der Waals surface area contributed by atoms with E-state index in [0.29, 0.717) is 18.2 Å². The van der Waals surface area contributed by atoms with Gasteiger partial charge in [-0.15, -0.1) is 0 Å². The van der Waals surface area contributed by atoms with Gasteiger partial charge in [-0.05, 0) is 148 Å². The molecule has 0 aliphatic carbocycles. The summed E-state index contributed by atoms with van der Waals surface area (Å²) in [5, 5.41) is 20.9. The highest BCUT2D eigenvalue weighted by molar-refractivity contribution is 5.97. The smallest absolute Gasteiger partial charge is 0.255 e. The Morgan fingerprint density at radius 2 is 1.11 bits per heavy atom. The third kappa shape index (κ3) is 17.2. The van der Waals surface area contributed by atoms with Crippen molar-refractivity contribution in [3.05, 3.63) is 248 Å². The lowest BCUT2D eigenvalue weighted by molar-refractivity contribution is -0.126. The van der Waals surface area contributed by atoms with E-state index in [1.807, 2.05) is 155 Å². The Balaban J connectivity index is 0.000000136. The number of nitrogens with zero attached hydrogens (tertiary/aromatic N) is 16. The van der Waals surface area contributed by atoms with Crippen LogP contribution in [0.3, 0.4) is 0 Å². The molecule has 0 saturated carbocycles. The minimum Gasteiger partial charge on any atom is -0.494 e. The SMILES string of the molecule is CCC(c1ccn(-c2ccccc2)n1)N1CCCN(c2c(OCC(N)=O)c(C)cc3cccnc23)CC1.CCCNC(=O)C(c1ccn(-c2ccccc2)n1)N1CCCN(c2c(OC)ccc3cccnc23)CC1.c1ccc(-n2ccc(CN3CCCN(c4cc(-c5ncco5)cc5cccnc45)CC3)n2)cc1. The van der Waals surface area contributed by atoms with Crippen LogP contribution in [0.15, 0.2) is 230 Å². The van der Waals surface area contributed by atoms with Gasteiger partial charge < -0.3 is 39.6 Å². The summed E-state index contributed by atoms with van der Waals surface area (Å²) in [6.07, 6.45) is 19.7. The van der Waals surface area contributed by atoms with Gasteiger partial charge in [0, 0.05) is 151 Å². The highest BCUT2D eigenvalue weighted by Gasteiger charge is 2.33. The number of carbonyl (C=O) groups is 2. The number of anilines is 3. The van der Waals surface area contributed by atoms with Crippen molar-refractivity contribution in [2.45, 2.75) is 71.5 Å². The van der Waals surface area contributed by atoms with Crippen LogP contribution in [0.2, 0.25) is 0 Å². The Morgan fingerprint density at radius 3 is 1.76 bits per heavy atom. The Bertz CT molecular complexity index is 5090. The van der Waals surface area contributed by atoms with E-state index in [4.69, 9.17) is 44.9 Å². The first-order valence-electron chi connectivity index (χ1n) is 37.6. The number of nitrogens with two attached hydrogens (primary N) is 1. The number of para-hydroxylation sites is 3. The van der Waals surface area contributed by atoms with E-state index in [1.54, 1.807) is 25.8 Å². The number of primary amides is 1. The molecule has 554 valence electrons. The van der Waals surface area contributed by atoms with Crippen LogP contribution >= 0.6 is 0 Å². The monoisotopic (exact) mass is 1450 g/mol. The third-order valence-electron chi connectivity index (χ3n) is 20.2. The zero-order valence-electron chi connectivity index (χ0n) is 61.9. The fourth-order valence-corrected chi connectivity index (χ4v) is 15.0. The molecule has 2 atom stereocenters. The number of benzene rings is 6. The van der Waals surface area contributed by atoms with E-state index >= 15 is 0 Å². The molecule has 23 nitrogen and oxygen atoms in total. The zero-order valence-corrected chi connectivity index (χ0v) is 61.9. The lowest BCUT2D eigenvalue weighted by Gasteiger charge is -2.30. The molecular weight excluding hydrogens is 1350 g/mol. The van der Waals surface area contributed by atoms with Crippen molar-refractivity contribution in [3.63, 3.8) is 0 Å². The number of aryl methyl sites for hydroxylation is 1. The van der Waals surface area contributed by atoms with Gasteiger partial charge in [-0.25, -0.2) is 19.0 Å². The number of nitrogens with one attached hydrogen (secondary N) is 1. The average molecular weight is 1450 g/mol. The molecule has 2 unspecified atom stereocenters. The standard InChI is InChI=1S/2C29H34N6O2.C27H26N6O/c1-3-15-31-29(36)27(24-14-19-35(32-24)23-10-5-4-6-11-23)33-17-8-18-34(21-20-33)28-25(37-2)13-12-22-9-7-16-30-26(22)28;1-3-25(24-12-16-35(32-24)23-10-5-4-6-11-23)33-14-8-15-34(18-17-33)28-27-22(9-7-13-31-27)19-21(2)29(28)37-20-26(30)36;1-2-7-24(8-3-1)33-14-9-23(30-33)20-31-12-5-13-32(16-15-31)25-19-22(27-29-11-17-34-27)18-21-6-4-10-28-26(21)25/h4-7,9-14,16,19,27H,3,8,15,17-18,20-21H2,1-2H3,(H,31,36);4-7,9-13,16,19,25H,3,8,14-15,17-18,20H2,1-2H3,(H2,30,36);1-4,6-11,14,17-19H,5,12-13,15-16,20H2. The molecule has 3 fully saturated rings. The van der Waals surface area contributed by atoms with Crippen molar-refractivity contribution < 1.29 is 23.5 Å². The van der Waals surface area contributed by atoms with E-state index < -0.39 is 11.9 Å². The molecule has 13 aromatic rings. The summed E-state index contributed by atoms with van der Waals surface area (Å²) in [6.45, 7) is 18.2. The lowest BCUT2D eigenvalue weighted by atomic mass is 10.1. The van der Waals surface area contributed by atoms with Crippen molar-refractivity contribution in [2.24, 2.45) is 5.73 Å². The van der Waals surface area contributed by atoms with Crippen LogP contribution in [0.25, 0.3) is 61.2 Å². The number of fused-ring (bicyclic) bond motifs is 3. The summed E-state index contributed by atoms with van der Waals surface area (Å²) in [7, 11) is 1.70. The first-order chi connectivity index (χ1) is 53.1. The molecule has 108 heavy (non-hydrogen) atoms. The average Bonchev–Trinajstić information content (AvgIpc) is 0.844. The second-order valence-electron chi connectivity index (χ2n) is 27.4. The molecular formula is C85H94N18O5. The van der Waals surface area contributed by atoms with E-state index in [0.717, 1.165) is 218 Å². The van der Waals surface area contributed by atoms with Crippen LogP contribution in [-0.4, -0.2) is 175 Å². The minimum atomic E-state index is -0.491. The van der Waals surface area contributed by atoms with Crippen LogP contribution in [0, 0.1) is 6.92 Å². The second kappa shape index (κ2) is 35.1. The number of ether oxygens (including phenoxy) is 2. The molecule has 3 saturated heterocycles. The van der Waals surface area contributed by atoms with Gasteiger partial charge in [-0.2, -0.15) is 15.3 Å². The summed E-state index contributed by atoms with van der Waals surface area (Å²) in [4.78, 5) is 57.8. The molecule has 10 heterocycles. The molecule has 0 spiro atoms. The fourth-order valence-electron chi connectivity index (χ4n) is 15.0. The summed E-state index contributed by atoms with van der Waals surface area (Å²) >= 11 is 0. The Morgan fingerprint density at radius 1 is 0.537 bits per heavy atom. The van der Waals surface area contributed by atoms with Gasteiger partial charge in [0.1, 0.15) is 35.2 Å². The summed E-state index contributed by atoms with van der Waals surface area (Å²) in [6, 6.07) is 59.0. The van der Waals surface area contributed by atoms with Gasteiger partial charge in [0.05, 0.1) is 75.7 Å². The van der Waals surface area contributed by atoms with Crippen LogP contribution in [0.5, 0.6) is 11.5 Å². The first kappa shape index (κ1) is 73.1. The Hall–Kier alpha value is -11.8. The Kier molecular flexibility index (Phi) is 23.8. The van der Waals surface area contributed by atoms with Crippen molar-refractivity contribution >= 4 is 61.6 Å². The maximum absolute atomic E-state index is 13.4. The molecule has 3 aliphatic rings. The normalized spacial score (nSPS) is 15.3. The number of oxazole rings is 1. The molecule has 7 aromatic heterocycles. The highest BCUT2D eigenvalue weighted by atomic mass is 16.5. The van der Waals surface area contributed by atoms with Crippen molar-refractivity contribution in [1.29, 1.82) is 0 Å². The molecule has 0 radical (unpaired) electrons. The van der Waals surface area contributed by atoms with E-state index in [9.17, 15) is 9.59 Å². The lowest BCUT2D eigenvalue weighted by Crippen LogP contribution is -2.43.